The lowest BCUT2D eigenvalue weighted by molar-refractivity contribution is -0.113. The highest BCUT2D eigenvalue weighted by molar-refractivity contribution is 6.53. The molecule has 2 rings (SSSR count). The van der Waals surface area contributed by atoms with Gasteiger partial charge in [0, 0.05) is 5.70 Å². The number of carbonyl (C=O) groups excluding carboxylic acids is 2. The molecule has 0 bridgehead atoms. The number of ketones is 1. The first-order chi connectivity index (χ1) is 8.70. The van der Waals surface area contributed by atoms with Crippen LogP contribution >= 0.6 is 0 Å². The van der Waals surface area contributed by atoms with Crippen LogP contribution in [0.2, 0.25) is 0 Å². The van der Waals surface area contributed by atoms with Crippen molar-refractivity contribution in [3.8, 4) is 0 Å². The molecule has 0 aromatic heterocycles. The van der Waals surface area contributed by atoms with Crippen LogP contribution in [0.4, 0.5) is 5.69 Å². The first-order valence-electron chi connectivity index (χ1n) is 5.64. The van der Waals surface area contributed by atoms with Crippen LogP contribution < -0.4 is 4.90 Å². The molecule has 0 saturated carbocycles. The molecule has 0 unspecified atom stereocenters. The van der Waals surface area contributed by atoms with Gasteiger partial charge in [0.05, 0.1) is 11.3 Å². The Morgan fingerprint density at radius 1 is 1.28 bits per heavy atom. The first-order valence-corrected chi connectivity index (χ1v) is 5.64. The maximum atomic E-state index is 12.0. The molecular weight excluding hydrogens is 226 g/mol. The molecule has 3 heteroatoms. The molecule has 0 fully saturated rings. The highest BCUT2D eigenvalue weighted by Gasteiger charge is 2.36. The minimum absolute atomic E-state index is 0.440. The van der Waals surface area contributed by atoms with Gasteiger partial charge in [-0.2, -0.15) is 0 Å². The molecule has 1 aromatic carbocycles. The number of nitrogens with zero attached hydrogens (tertiary/aromatic N) is 1. The third-order valence-corrected chi connectivity index (χ3v) is 2.71. The fourth-order valence-corrected chi connectivity index (χ4v) is 1.87. The number of hydrogen-bond donors (Lipinski definition) is 0. The number of allylic oxidation sites excluding steroid dienone is 4. The van der Waals surface area contributed by atoms with Crippen LogP contribution in [-0.4, -0.2) is 11.7 Å². The summed E-state index contributed by atoms with van der Waals surface area (Å²) in [6.07, 6.45) is 6.96. The Bertz CT molecular complexity index is 582. The summed E-state index contributed by atoms with van der Waals surface area (Å²) in [5.74, 6) is -1.01. The smallest absolute Gasteiger partial charge is 0.283 e. The van der Waals surface area contributed by atoms with Crippen molar-refractivity contribution < 1.29 is 9.59 Å². The Labute approximate surface area is 106 Å². The molecule has 1 aromatic rings. The number of benzene rings is 1. The standard InChI is InChI=1S/C15H13NO2/c1-3-5-8-11(4-2)16-13-10-7-6-9-12(13)14(17)15(16)18/h3-10H,2H2,1H3/b5-3-,11-8+. The number of anilines is 1. The summed E-state index contributed by atoms with van der Waals surface area (Å²) in [6.45, 7) is 5.56. The van der Waals surface area contributed by atoms with Crippen LogP contribution in [0.15, 0.2) is 60.8 Å². The van der Waals surface area contributed by atoms with E-state index < -0.39 is 11.7 Å². The molecule has 0 N–H and O–H groups in total. The number of amides is 1. The Morgan fingerprint density at radius 3 is 2.67 bits per heavy atom. The topological polar surface area (TPSA) is 37.4 Å². The van der Waals surface area contributed by atoms with E-state index in [-0.39, 0.29) is 0 Å². The zero-order valence-electron chi connectivity index (χ0n) is 10.1. The van der Waals surface area contributed by atoms with Crippen molar-refractivity contribution in [3.63, 3.8) is 0 Å². The lowest BCUT2D eigenvalue weighted by Gasteiger charge is -2.16. The molecule has 3 nitrogen and oxygen atoms in total. The van der Waals surface area contributed by atoms with E-state index in [2.05, 4.69) is 6.58 Å². The third-order valence-electron chi connectivity index (χ3n) is 2.71. The molecular formula is C15H13NO2. The van der Waals surface area contributed by atoms with Gasteiger partial charge < -0.3 is 0 Å². The second-order valence-electron chi connectivity index (χ2n) is 3.81. The lowest BCUT2D eigenvalue weighted by Crippen LogP contribution is -2.28. The molecule has 1 heterocycles. The van der Waals surface area contributed by atoms with Crippen molar-refractivity contribution >= 4 is 17.4 Å². The van der Waals surface area contributed by atoms with Gasteiger partial charge in [-0.05, 0) is 31.2 Å². The summed E-state index contributed by atoms with van der Waals surface area (Å²) in [7, 11) is 0. The second-order valence-corrected chi connectivity index (χ2v) is 3.81. The Kier molecular flexibility index (Phi) is 3.24. The fraction of sp³-hybridized carbons (Fsp3) is 0.0667. The molecule has 1 aliphatic rings. The van der Waals surface area contributed by atoms with Crippen LogP contribution in [0, 0.1) is 0 Å². The second kappa shape index (κ2) is 4.84. The average Bonchev–Trinajstić information content (AvgIpc) is 2.65. The van der Waals surface area contributed by atoms with Crippen molar-refractivity contribution in [1.82, 2.24) is 0 Å². The van der Waals surface area contributed by atoms with E-state index in [1.165, 1.54) is 4.90 Å². The number of hydrogen-bond acceptors (Lipinski definition) is 2. The van der Waals surface area contributed by atoms with Gasteiger partial charge in [-0.1, -0.05) is 30.9 Å². The van der Waals surface area contributed by atoms with Crippen molar-refractivity contribution in [2.45, 2.75) is 6.92 Å². The largest absolute Gasteiger partial charge is 0.304 e. The van der Waals surface area contributed by atoms with Crippen molar-refractivity contribution in [2.75, 3.05) is 4.90 Å². The van der Waals surface area contributed by atoms with Gasteiger partial charge in [0.2, 0.25) is 0 Å². The summed E-state index contributed by atoms with van der Waals surface area (Å²) >= 11 is 0. The number of Topliss-reactive ketones (excluding diaryl/α,β-unsaturated/α-hetero) is 1. The Hall–Kier alpha value is -2.42. The monoisotopic (exact) mass is 239 g/mol. The summed E-state index contributed by atoms with van der Waals surface area (Å²) in [5.41, 5.74) is 1.65. The van der Waals surface area contributed by atoms with E-state index in [9.17, 15) is 9.59 Å². The van der Waals surface area contributed by atoms with Gasteiger partial charge in [-0.15, -0.1) is 0 Å². The number of fused-ring (bicyclic) bond motifs is 1. The van der Waals surface area contributed by atoms with E-state index in [0.29, 0.717) is 16.9 Å². The van der Waals surface area contributed by atoms with Gasteiger partial charge in [0.25, 0.3) is 5.78 Å². The summed E-state index contributed by atoms with van der Waals surface area (Å²) in [5, 5.41) is 0. The molecule has 90 valence electrons. The molecule has 0 spiro atoms. The molecule has 0 aliphatic carbocycles. The Balaban J connectivity index is 2.55. The predicted octanol–water partition coefficient (Wildman–Crippen LogP) is 2.86. The predicted molar refractivity (Wildman–Crippen MR) is 71.4 cm³/mol. The average molecular weight is 239 g/mol. The molecule has 1 aliphatic heterocycles. The van der Waals surface area contributed by atoms with Gasteiger partial charge in [0.1, 0.15) is 0 Å². The highest BCUT2D eigenvalue weighted by atomic mass is 16.2. The minimum Gasteiger partial charge on any atom is -0.283 e. The summed E-state index contributed by atoms with van der Waals surface area (Å²) in [6, 6.07) is 6.96. The van der Waals surface area contributed by atoms with Crippen LogP contribution in [0.5, 0.6) is 0 Å². The van der Waals surface area contributed by atoms with Crippen LogP contribution in [0.25, 0.3) is 0 Å². The zero-order chi connectivity index (χ0) is 13.1. The van der Waals surface area contributed by atoms with E-state index in [4.69, 9.17) is 0 Å². The maximum absolute atomic E-state index is 12.0. The van der Waals surface area contributed by atoms with Crippen molar-refractivity contribution in [2.24, 2.45) is 0 Å². The van der Waals surface area contributed by atoms with E-state index in [0.717, 1.165) is 0 Å². The lowest BCUT2D eigenvalue weighted by atomic mass is 10.1. The van der Waals surface area contributed by atoms with Crippen LogP contribution in [-0.2, 0) is 4.79 Å². The summed E-state index contributed by atoms with van der Waals surface area (Å²) in [4.78, 5) is 25.2. The number of carbonyl (C=O) groups is 2. The van der Waals surface area contributed by atoms with Crippen LogP contribution in [0.1, 0.15) is 17.3 Å². The molecule has 0 radical (unpaired) electrons. The normalized spacial score (nSPS) is 15.4. The Morgan fingerprint density at radius 2 is 2.00 bits per heavy atom. The molecule has 0 atom stereocenters. The highest BCUT2D eigenvalue weighted by Crippen LogP contribution is 2.31. The van der Waals surface area contributed by atoms with E-state index in [1.807, 2.05) is 13.0 Å². The number of para-hydroxylation sites is 1. The number of rotatable bonds is 3. The van der Waals surface area contributed by atoms with Gasteiger partial charge >= 0.3 is 5.91 Å². The third kappa shape index (κ3) is 1.80. The fourth-order valence-electron chi connectivity index (χ4n) is 1.87. The van der Waals surface area contributed by atoms with E-state index in [1.54, 1.807) is 42.5 Å². The SMILES string of the molecule is C=C/C(=C\C=C/C)N1C(=O)C(=O)c2ccccc21. The van der Waals surface area contributed by atoms with Gasteiger partial charge in [0.15, 0.2) is 0 Å². The molecule has 1 amide bonds. The maximum Gasteiger partial charge on any atom is 0.304 e. The van der Waals surface area contributed by atoms with Crippen molar-refractivity contribution in [1.29, 1.82) is 0 Å². The minimum atomic E-state index is -0.535. The van der Waals surface area contributed by atoms with E-state index >= 15 is 0 Å². The summed E-state index contributed by atoms with van der Waals surface area (Å²) < 4.78 is 0. The van der Waals surface area contributed by atoms with Crippen molar-refractivity contribution in [3.05, 3.63) is 66.4 Å². The van der Waals surface area contributed by atoms with Gasteiger partial charge in [-0.25, -0.2) is 0 Å². The van der Waals surface area contributed by atoms with Crippen LogP contribution in [0.3, 0.4) is 0 Å². The molecule has 0 saturated heterocycles. The quantitative estimate of drug-likeness (QED) is 0.600. The molecule has 18 heavy (non-hydrogen) atoms. The van der Waals surface area contributed by atoms with Gasteiger partial charge in [-0.3, -0.25) is 14.5 Å². The first kappa shape index (κ1) is 12.0. The zero-order valence-corrected chi connectivity index (χ0v) is 10.1.